The van der Waals surface area contributed by atoms with Crippen molar-refractivity contribution in [3.63, 3.8) is 0 Å². The highest BCUT2D eigenvalue weighted by atomic mass is 32.2. The minimum absolute atomic E-state index is 0.0138. The Morgan fingerprint density at radius 1 is 1.44 bits per heavy atom. The van der Waals surface area contributed by atoms with E-state index in [0.717, 1.165) is 12.1 Å². The topological polar surface area (TPSA) is 37.3 Å². The summed E-state index contributed by atoms with van der Waals surface area (Å²) >= 11 is 1.27. The second-order valence-electron chi connectivity index (χ2n) is 3.23. The van der Waals surface area contributed by atoms with Crippen molar-refractivity contribution in [2.45, 2.75) is 12.2 Å². The fourth-order valence-electron chi connectivity index (χ4n) is 1.19. The fourth-order valence-corrected chi connectivity index (χ4v) is 1.94. The van der Waals surface area contributed by atoms with Gasteiger partial charge < -0.3 is 5.11 Å². The molecule has 0 saturated carbocycles. The molecule has 1 atom stereocenters. The van der Waals surface area contributed by atoms with Crippen LogP contribution in [0.15, 0.2) is 18.2 Å². The standard InChI is InChI=1S/C11H12F2O2S/c1-7(16-5-4-14)11(15)8-2-3-9(12)10(13)6-8/h2-3,6-7,14H,4-5H2,1H3. The highest BCUT2D eigenvalue weighted by Crippen LogP contribution is 2.17. The zero-order valence-electron chi connectivity index (χ0n) is 8.74. The second kappa shape index (κ2) is 5.96. The highest BCUT2D eigenvalue weighted by molar-refractivity contribution is 8.00. The quantitative estimate of drug-likeness (QED) is 0.810. The van der Waals surface area contributed by atoms with Crippen LogP contribution >= 0.6 is 11.8 Å². The van der Waals surface area contributed by atoms with E-state index in [1.54, 1.807) is 6.92 Å². The zero-order valence-corrected chi connectivity index (χ0v) is 9.56. The minimum Gasteiger partial charge on any atom is -0.396 e. The van der Waals surface area contributed by atoms with E-state index in [0.29, 0.717) is 5.75 Å². The Labute approximate surface area is 96.7 Å². The third kappa shape index (κ3) is 3.28. The number of hydrogen-bond donors (Lipinski definition) is 1. The van der Waals surface area contributed by atoms with Gasteiger partial charge >= 0.3 is 0 Å². The maximum atomic E-state index is 12.9. The lowest BCUT2D eigenvalue weighted by Crippen LogP contribution is -2.15. The van der Waals surface area contributed by atoms with Gasteiger partial charge in [0.05, 0.1) is 11.9 Å². The first-order valence-electron chi connectivity index (χ1n) is 4.78. The molecule has 0 fully saturated rings. The molecular weight excluding hydrogens is 234 g/mol. The highest BCUT2D eigenvalue weighted by Gasteiger charge is 2.16. The lowest BCUT2D eigenvalue weighted by Gasteiger charge is -2.09. The van der Waals surface area contributed by atoms with Gasteiger partial charge in [-0.3, -0.25) is 4.79 Å². The van der Waals surface area contributed by atoms with E-state index in [4.69, 9.17) is 5.11 Å². The SMILES string of the molecule is CC(SCCO)C(=O)c1ccc(F)c(F)c1. The Kier molecular flexibility index (Phi) is 4.89. The van der Waals surface area contributed by atoms with Gasteiger partial charge in [-0.15, -0.1) is 11.8 Å². The summed E-state index contributed by atoms with van der Waals surface area (Å²) in [6.07, 6.45) is 0. The summed E-state index contributed by atoms with van der Waals surface area (Å²) in [4.78, 5) is 11.7. The molecule has 0 aromatic heterocycles. The molecule has 1 N–H and O–H groups in total. The molecular formula is C11H12F2O2S. The molecule has 1 unspecified atom stereocenters. The van der Waals surface area contributed by atoms with Gasteiger partial charge in [0.1, 0.15) is 0 Å². The molecule has 1 aromatic rings. The van der Waals surface area contributed by atoms with Crippen molar-refractivity contribution in [2.75, 3.05) is 12.4 Å². The number of carbonyl (C=O) groups excluding carboxylic acids is 1. The van der Waals surface area contributed by atoms with Gasteiger partial charge in [0.25, 0.3) is 0 Å². The Hall–Kier alpha value is -0.940. The van der Waals surface area contributed by atoms with Gasteiger partial charge in [-0.1, -0.05) is 0 Å². The first-order chi connectivity index (χ1) is 7.56. The van der Waals surface area contributed by atoms with Crippen LogP contribution in [0.1, 0.15) is 17.3 Å². The van der Waals surface area contributed by atoms with Crippen LogP contribution in [0.2, 0.25) is 0 Å². The van der Waals surface area contributed by atoms with E-state index < -0.39 is 11.6 Å². The molecule has 0 bridgehead atoms. The van der Waals surface area contributed by atoms with Gasteiger partial charge in [-0.25, -0.2) is 8.78 Å². The largest absolute Gasteiger partial charge is 0.396 e. The van der Waals surface area contributed by atoms with Gasteiger partial charge in [0, 0.05) is 11.3 Å². The molecule has 0 amide bonds. The molecule has 2 nitrogen and oxygen atoms in total. The number of Topliss-reactive ketones (excluding diaryl/α,β-unsaturated/α-hetero) is 1. The summed E-state index contributed by atoms with van der Waals surface area (Å²) in [5.74, 6) is -1.81. The molecule has 0 aliphatic rings. The molecule has 88 valence electrons. The third-order valence-corrected chi connectivity index (χ3v) is 3.16. The number of thioether (sulfide) groups is 1. The normalized spacial score (nSPS) is 12.5. The Balaban J connectivity index is 2.76. The van der Waals surface area contributed by atoms with E-state index >= 15 is 0 Å². The van der Waals surface area contributed by atoms with Crippen LogP contribution in [-0.2, 0) is 0 Å². The van der Waals surface area contributed by atoms with Crippen LogP contribution in [0.3, 0.4) is 0 Å². The summed E-state index contributed by atoms with van der Waals surface area (Å²) in [7, 11) is 0. The van der Waals surface area contributed by atoms with E-state index in [1.165, 1.54) is 17.8 Å². The first kappa shape index (κ1) is 13.1. The summed E-state index contributed by atoms with van der Waals surface area (Å²) in [5, 5.41) is 8.23. The second-order valence-corrected chi connectivity index (χ2v) is 4.68. The Bertz CT molecular complexity index is 382. The number of hydrogen-bond acceptors (Lipinski definition) is 3. The lowest BCUT2D eigenvalue weighted by molar-refractivity contribution is 0.0993. The number of aliphatic hydroxyl groups excluding tert-OH is 1. The van der Waals surface area contributed by atoms with Crippen molar-refractivity contribution < 1.29 is 18.7 Å². The van der Waals surface area contributed by atoms with Gasteiger partial charge in [0.2, 0.25) is 0 Å². The van der Waals surface area contributed by atoms with E-state index in [1.807, 2.05) is 0 Å². The number of aliphatic hydroxyl groups is 1. The third-order valence-electron chi connectivity index (χ3n) is 2.03. The van der Waals surface area contributed by atoms with Gasteiger partial charge in [0.15, 0.2) is 17.4 Å². The minimum atomic E-state index is -1.02. The average molecular weight is 246 g/mol. The van der Waals surface area contributed by atoms with E-state index in [2.05, 4.69) is 0 Å². The summed E-state index contributed by atoms with van der Waals surface area (Å²) in [6, 6.07) is 3.09. The van der Waals surface area contributed by atoms with E-state index in [-0.39, 0.29) is 23.2 Å². The molecule has 16 heavy (non-hydrogen) atoms. The predicted octanol–water partition coefficient (Wildman–Crippen LogP) is 2.26. The lowest BCUT2D eigenvalue weighted by atomic mass is 10.1. The van der Waals surface area contributed by atoms with E-state index in [9.17, 15) is 13.6 Å². The van der Waals surface area contributed by atoms with Gasteiger partial charge in [-0.2, -0.15) is 0 Å². The van der Waals surface area contributed by atoms with Crippen LogP contribution in [0, 0.1) is 11.6 Å². The molecule has 5 heteroatoms. The number of ketones is 1. The van der Waals surface area contributed by atoms with Crippen molar-refractivity contribution >= 4 is 17.5 Å². The molecule has 0 spiro atoms. The number of rotatable bonds is 5. The van der Waals surface area contributed by atoms with Crippen molar-refractivity contribution in [1.82, 2.24) is 0 Å². The first-order valence-corrected chi connectivity index (χ1v) is 5.83. The predicted molar refractivity (Wildman–Crippen MR) is 59.7 cm³/mol. The molecule has 0 aliphatic carbocycles. The average Bonchev–Trinajstić information content (AvgIpc) is 2.28. The van der Waals surface area contributed by atoms with Crippen LogP contribution in [0.25, 0.3) is 0 Å². The smallest absolute Gasteiger partial charge is 0.175 e. The maximum absolute atomic E-state index is 12.9. The fraction of sp³-hybridized carbons (Fsp3) is 0.364. The Morgan fingerprint density at radius 3 is 2.69 bits per heavy atom. The number of carbonyl (C=O) groups is 1. The summed E-state index contributed by atoms with van der Waals surface area (Å²) in [5.41, 5.74) is 0.150. The molecule has 1 rings (SSSR count). The molecule has 0 aliphatic heterocycles. The van der Waals surface area contributed by atoms with Crippen molar-refractivity contribution in [1.29, 1.82) is 0 Å². The number of halogens is 2. The monoisotopic (exact) mass is 246 g/mol. The van der Waals surface area contributed by atoms with Gasteiger partial charge in [-0.05, 0) is 25.1 Å². The van der Waals surface area contributed by atoms with Crippen LogP contribution in [0.5, 0.6) is 0 Å². The van der Waals surface area contributed by atoms with Crippen LogP contribution < -0.4 is 0 Å². The van der Waals surface area contributed by atoms with Crippen LogP contribution in [-0.4, -0.2) is 28.5 Å². The van der Waals surface area contributed by atoms with Crippen molar-refractivity contribution in [3.05, 3.63) is 35.4 Å². The molecule has 0 radical (unpaired) electrons. The van der Waals surface area contributed by atoms with Crippen molar-refractivity contribution in [2.24, 2.45) is 0 Å². The Morgan fingerprint density at radius 2 is 2.12 bits per heavy atom. The van der Waals surface area contributed by atoms with Crippen LogP contribution in [0.4, 0.5) is 8.78 Å². The molecule has 0 heterocycles. The maximum Gasteiger partial charge on any atom is 0.175 e. The summed E-state index contributed by atoms with van der Waals surface area (Å²) < 4.78 is 25.5. The number of benzene rings is 1. The van der Waals surface area contributed by atoms with Crippen molar-refractivity contribution in [3.8, 4) is 0 Å². The summed E-state index contributed by atoms with van der Waals surface area (Å²) in [6.45, 7) is 1.66. The zero-order chi connectivity index (χ0) is 12.1. The molecule has 0 saturated heterocycles. The molecule has 1 aromatic carbocycles.